The van der Waals surface area contributed by atoms with Crippen molar-refractivity contribution in [3.8, 4) is 0 Å². The lowest BCUT2D eigenvalue weighted by atomic mass is 10.0. The molecule has 3 aromatic carbocycles. The average molecular weight is 1020 g/mol. The summed E-state index contributed by atoms with van der Waals surface area (Å²) in [5.74, 6) is 0. The lowest BCUT2D eigenvalue weighted by molar-refractivity contribution is 1.23. The molecule has 5 heteroatoms. The molecule has 376 valence electrons. The minimum absolute atomic E-state index is 1.36. The van der Waals surface area contributed by atoms with E-state index < -0.39 is 0 Å². The van der Waals surface area contributed by atoms with Crippen LogP contribution in [0.15, 0.2) is 72.1 Å². The van der Waals surface area contributed by atoms with E-state index in [9.17, 15) is 0 Å². The number of rotatable bonds is 0. The van der Waals surface area contributed by atoms with Gasteiger partial charge in [0.2, 0.25) is 0 Å². The van der Waals surface area contributed by atoms with Crippen molar-refractivity contribution in [1.29, 1.82) is 0 Å². The third-order valence-electron chi connectivity index (χ3n) is 12.9. The minimum Gasteiger partial charge on any atom is -0.149 e. The highest BCUT2D eigenvalue weighted by atomic mass is 32.1. The summed E-state index contributed by atoms with van der Waals surface area (Å²) in [5.41, 5.74) is 24.0. The molecule has 0 saturated heterocycles. The Hall–Kier alpha value is -3.84. The Morgan fingerprint density at radius 3 is 0.725 bits per heavy atom. The molecular weight excluding hydrogens is 929 g/mol. The van der Waals surface area contributed by atoms with Crippen LogP contribution in [0.25, 0.3) is 0 Å². The van der Waals surface area contributed by atoms with E-state index in [1.807, 2.05) is 56.7 Å². The lowest BCUT2D eigenvalue weighted by Gasteiger charge is -2.04. The van der Waals surface area contributed by atoms with Gasteiger partial charge in [-0.15, -0.1) is 56.7 Å². The molecule has 0 nitrogen and oxygen atoms in total. The predicted molar refractivity (Wildman–Crippen MR) is 324 cm³/mol. The molecule has 0 radical (unpaired) electrons. The van der Waals surface area contributed by atoms with Crippen LogP contribution in [0, 0.1) is 180 Å². The molecule has 69 heavy (non-hydrogen) atoms. The highest BCUT2D eigenvalue weighted by Crippen LogP contribution is 2.25. The van der Waals surface area contributed by atoms with E-state index in [2.05, 4.69) is 252 Å². The molecule has 0 atom stereocenters. The van der Waals surface area contributed by atoms with Crippen molar-refractivity contribution in [2.24, 2.45) is 0 Å². The summed E-state index contributed by atoms with van der Waals surface area (Å²) < 4.78 is 0. The molecule has 0 bridgehead atoms. The van der Waals surface area contributed by atoms with Crippen LogP contribution in [0.3, 0.4) is 0 Å². The first kappa shape index (κ1) is 63.2. The molecule has 0 fully saturated rings. The van der Waals surface area contributed by atoms with Crippen LogP contribution in [0.2, 0.25) is 0 Å². The molecule has 0 saturated carbocycles. The van der Waals surface area contributed by atoms with Crippen LogP contribution in [0.1, 0.15) is 138 Å². The van der Waals surface area contributed by atoms with Crippen molar-refractivity contribution in [3.63, 3.8) is 0 Å². The summed E-state index contributed by atoms with van der Waals surface area (Å²) in [6.45, 7) is 56.1. The van der Waals surface area contributed by atoms with Crippen molar-refractivity contribution in [1.82, 2.24) is 0 Å². The summed E-state index contributed by atoms with van der Waals surface area (Å²) >= 11 is 9.31. The second-order valence-corrected chi connectivity index (χ2v) is 25.9. The largest absolute Gasteiger partial charge is 0.149 e. The summed E-state index contributed by atoms with van der Waals surface area (Å²) in [5, 5.41) is 2.20. The number of hydrogen-bond acceptors (Lipinski definition) is 5. The van der Waals surface area contributed by atoms with E-state index in [1.54, 1.807) is 0 Å². The Morgan fingerprint density at radius 2 is 0.565 bits per heavy atom. The van der Waals surface area contributed by atoms with Crippen LogP contribution in [0.4, 0.5) is 0 Å². The Morgan fingerprint density at radius 1 is 0.232 bits per heavy atom. The number of thiophene rings is 5. The maximum atomic E-state index is 2.22. The van der Waals surface area contributed by atoms with E-state index in [0.717, 1.165) is 0 Å². The van der Waals surface area contributed by atoms with Gasteiger partial charge in [-0.05, 0) is 293 Å². The van der Waals surface area contributed by atoms with Crippen molar-refractivity contribution >= 4 is 56.7 Å². The number of aryl methyl sites for hydroxylation is 20. The number of benzene rings is 3. The molecule has 5 aromatic heterocycles. The molecule has 0 amide bonds. The van der Waals surface area contributed by atoms with Crippen LogP contribution >= 0.6 is 56.7 Å². The van der Waals surface area contributed by atoms with Gasteiger partial charge in [-0.1, -0.05) is 53.6 Å². The van der Waals surface area contributed by atoms with Crippen LogP contribution < -0.4 is 0 Å². The fraction of sp³-hybridized carbons (Fsp3) is 0.406. The van der Waals surface area contributed by atoms with E-state index in [4.69, 9.17) is 0 Å². The monoisotopic (exact) mass is 1020 g/mol. The maximum absolute atomic E-state index is 2.22. The molecule has 0 aliphatic rings. The summed E-state index contributed by atoms with van der Waals surface area (Å²) in [7, 11) is 0. The molecule has 0 unspecified atom stereocenters. The Balaban J connectivity index is 0.000000395. The second kappa shape index (κ2) is 30.8. The van der Waals surface area contributed by atoms with Gasteiger partial charge in [-0.2, -0.15) is 0 Å². The smallest absolute Gasteiger partial charge is 0.00489 e. The van der Waals surface area contributed by atoms with E-state index in [1.165, 1.54) is 138 Å². The molecular formula is C64H90S5. The minimum atomic E-state index is 1.36. The summed E-state index contributed by atoms with van der Waals surface area (Å²) in [4.78, 5) is 12.9. The van der Waals surface area contributed by atoms with Gasteiger partial charge in [-0.25, -0.2) is 0 Å². The fourth-order valence-corrected chi connectivity index (χ4v) is 11.6. The van der Waals surface area contributed by atoms with Gasteiger partial charge in [0.1, 0.15) is 0 Å². The predicted octanol–water partition coefficient (Wildman–Crippen LogP) is 21.8. The van der Waals surface area contributed by atoms with Gasteiger partial charge in [-0.3, -0.25) is 0 Å². The van der Waals surface area contributed by atoms with Crippen LogP contribution in [-0.4, -0.2) is 0 Å². The summed E-state index contributed by atoms with van der Waals surface area (Å²) in [6.07, 6.45) is 0. The quantitative estimate of drug-likeness (QED) is 0.142. The van der Waals surface area contributed by atoms with E-state index in [-0.39, 0.29) is 0 Å². The molecule has 8 aromatic rings. The molecule has 0 aliphatic carbocycles. The maximum Gasteiger partial charge on any atom is 0.00489 e. The van der Waals surface area contributed by atoms with Gasteiger partial charge < -0.3 is 0 Å². The van der Waals surface area contributed by atoms with E-state index >= 15 is 0 Å². The third-order valence-corrected chi connectivity index (χ3v) is 18.3. The van der Waals surface area contributed by atoms with Gasteiger partial charge in [0.05, 0.1) is 0 Å². The first-order chi connectivity index (χ1) is 32.0. The van der Waals surface area contributed by atoms with Gasteiger partial charge in [0.15, 0.2) is 0 Å². The standard InChI is InChI=1S/2C10H14.C9H12.C8H12S.3C7H10S.C6H8S/c2*1-7-5-8(2)10(4)9(3)6-7;1-7-5-4-6-8(2)9(7)3;1-5-6(2)8(4)9-7(5)3;1-5-4-8-7(3)6(5)2;2*1-5-4-6(2)8-7(5)3;1-5-3-4-6(2)7-5/h2*5-6H,1-4H3;4-6H,1-3H3;1-4H3;3*4H,1-3H3;3-4H,1-2H3. The molecule has 0 N–H and O–H groups in total. The van der Waals surface area contributed by atoms with E-state index in [0.29, 0.717) is 0 Å². The van der Waals surface area contributed by atoms with Crippen molar-refractivity contribution in [3.05, 3.63) is 211 Å². The average Bonchev–Trinajstić information content (AvgIpc) is 4.03. The fourth-order valence-electron chi connectivity index (χ4n) is 7.02. The lowest BCUT2D eigenvalue weighted by Crippen LogP contribution is -1.86. The van der Waals surface area contributed by atoms with Gasteiger partial charge in [0.25, 0.3) is 0 Å². The normalized spacial score (nSPS) is 9.88. The summed E-state index contributed by atoms with van der Waals surface area (Å²) in [6, 6.07) is 24.0. The molecule has 0 spiro atoms. The highest BCUT2D eigenvalue weighted by molar-refractivity contribution is 7.13. The molecule has 5 heterocycles. The van der Waals surface area contributed by atoms with Gasteiger partial charge >= 0.3 is 0 Å². The zero-order chi connectivity index (χ0) is 53.0. The first-order valence-corrected chi connectivity index (χ1v) is 28.4. The molecule has 8 rings (SSSR count). The zero-order valence-corrected chi connectivity index (χ0v) is 52.1. The molecule has 0 aliphatic heterocycles. The zero-order valence-electron chi connectivity index (χ0n) is 48.0. The Labute approximate surface area is 444 Å². The topological polar surface area (TPSA) is 0 Å². The van der Waals surface area contributed by atoms with Crippen LogP contribution in [0.5, 0.6) is 0 Å². The first-order valence-electron chi connectivity index (χ1n) is 24.2. The Kier molecular flexibility index (Phi) is 28.2. The highest BCUT2D eigenvalue weighted by Gasteiger charge is 2.03. The van der Waals surface area contributed by atoms with Crippen molar-refractivity contribution in [2.45, 2.75) is 180 Å². The third kappa shape index (κ3) is 22.8. The second-order valence-electron chi connectivity index (χ2n) is 19.0. The Bertz CT molecular complexity index is 2520. The SMILES string of the molecule is Cc1cc(C)c(C)c(C)c1.Cc1cc(C)c(C)c(C)c1.Cc1cc(C)c(C)s1.Cc1cc(C)c(C)s1.Cc1ccc(C)s1.Cc1cccc(C)c1C.Cc1csc(C)c1C.Cc1sc(C)c(C)c1C. The van der Waals surface area contributed by atoms with Crippen molar-refractivity contribution in [2.75, 3.05) is 0 Å². The number of hydrogen-bond donors (Lipinski definition) is 0. The van der Waals surface area contributed by atoms with Crippen molar-refractivity contribution < 1.29 is 0 Å². The van der Waals surface area contributed by atoms with Crippen LogP contribution in [-0.2, 0) is 0 Å². The van der Waals surface area contributed by atoms with Gasteiger partial charge in [0, 0.05) is 43.9 Å².